The monoisotopic (exact) mass is 402 g/mol. The van der Waals surface area contributed by atoms with Crippen LogP contribution in [0, 0.1) is 0 Å². The van der Waals surface area contributed by atoms with Gasteiger partial charge in [-0.2, -0.15) is 0 Å². The normalized spacial score (nSPS) is 10.5. The molecule has 0 aliphatic carbocycles. The first-order valence-corrected chi connectivity index (χ1v) is 9.26. The molecule has 148 valence electrons. The third-order valence-electron chi connectivity index (χ3n) is 3.80. The van der Waals surface area contributed by atoms with E-state index in [0.717, 1.165) is 12.8 Å². The molecule has 7 heteroatoms. The summed E-state index contributed by atoms with van der Waals surface area (Å²) in [6.07, 6.45) is 4.80. The van der Waals surface area contributed by atoms with Gasteiger partial charge in [0.25, 0.3) is 11.8 Å². The molecule has 2 N–H and O–H groups in total. The van der Waals surface area contributed by atoms with Gasteiger partial charge in [0, 0.05) is 16.7 Å². The van der Waals surface area contributed by atoms with Crippen LogP contribution in [-0.4, -0.2) is 25.5 Å². The largest absolute Gasteiger partial charge is 0.493 e. The number of nitrogens with one attached hydrogen (secondary N) is 2. The summed E-state index contributed by atoms with van der Waals surface area (Å²) < 4.78 is 10.9. The number of benzene rings is 2. The highest BCUT2D eigenvalue weighted by Crippen LogP contribution is 2.28. The Morgan fingerprint density at radius 1 is 1.11 bits per heavy atom. The van der Waals surface area contributed by atoms with Gasteiger partial charge in [-0.1, -0.05) is 43.1 Å². The van der Waals surface area contributed by atoms with Crippen molar-refractivity contribution in [1.82, 2.24) is 10.9 Å². The van der Waals surface area contributed by atoms with Crippen LogP contribution < -0.4 is 20.3 Å². The van der Waals surface area contributed by atoms with Crippen molar-refractivity contribution in [3.8, 4) is 11.5 Å². The molecule has 0 saturated heterocycles. The minimum Gasteiger partial charge on any atom is -0.493 e. The molecule has 0 spiro atoms. The first-order valence-electron chi connectivity index (χ1n) is 8.89. The molecule has 28 heavy (non-hydrogen) atoms. The van der Waals surface area contributed by atoms with Gasteiger partial charge in [0.05, 0.1) is 13.7 Å². The summed E-state index contributed by atoms with van der Waals surface area (Å²) in [7, 11) is 1.50. The van der Waals surface area contributed by atoms with Crippen molar-refractivity contribution in [1.29, 1.82) is 0 Å². The molecule has 0 unspecified atom stereocenters. The van der Waals surface area contributed by atoms with Gasteiger partial charge in [0.15, 0.2) is 11.5 Å². The van der Waals surface area contributed by atoms with Crippen LogP contribution in [0.3, 0.4) is 0 Å². The molecule has 0 radical (unpaired) electrons. The summed E-state index contributed by atoms with van der Waals surface area (Å²) in [6.45, 7) is 2.65. The van der Waals surface area contributed by atoms with E-state index in [0.29, 0.717) is 34.3 Å². The minimum atomic E-state index is -0.486. The van der Waals surface area contributed by atoms with E-state index < -0.39 is 11.8 Å². The Bertz CT molecular complexity index is 852. The Morgan fingerprint density at radius 2 is 1.89 bits per heavy atom. The van der Waals surface area contributed by atoms with Crippen molar-refractivity contribution in [2.24, 2.45) is 0 Å². The maximum absolute atomic E-state index is 12.2. The summed E-state index contributed by atoms with van der Waals surface area (Å²) in [6, 6.07) is 11.9. The second-order valence-corrected chi connectivity index (χ2v) is 6.27. The van der Waals surface area contributed by atoms with E-state index in [-0.39, 0.29) is 0 Å². The molecule has 2 rings (SSSR count). The Labute approximate surface area is 169 Å². The lowest BCUT2D eigenvalue weighted by molar-refractivity contribution is -0.117. The number of halogens is 1. The Morgan fingerprint density at radius 3 is 2.61 bits per heavy atom. The molecule has 0 heterocycles. The molecular weight excluding hydrogens is 380 g/mol. The molecule has 0 aromatic heterocycles. The van der Waals surface area contributed by atoms with Crippen LogP contribution in [0.25, 0.3) is 6.08 Å². The summed E-state index contributed by atoms with van der Waals surface area (Å²) in [5.41, 5.74) is 5.71. The smallest absolute Gasteiger partial charge is 0.269 e. The maximum atomic E-state index is 12.2. The Balaban J connectivity index is 1.93. The maximum Gasteiger partial charge on any atom is 0.269 e. The third-order valence-corrected chi connectivity index (χ3v) is 4.14. The highest BCUT2D eigenvalue weighted by Gasteiger charge is 2.11. The van der Waals surface area contributed by atoms with Gasteiger partial charge in [-0.3, -0.25) is 20.4 Å². The van der Waals surface area contributed by atoms with E-state index in [4.69, 9.17) is 21.1 Å². The topological polar surface area (TPSA) is 76.7 Å². The van der Waals surface area contributed by atoms with Gasteiger partial charge in [0.1, 0.15) is 0 Å². The first kappa shape index (κ1) is 21.3. The van der Waals surface area contributed by atoms with Gasteiger partial charge in [-0.15, -0.1) is 0 Å². The molecule has 0 bridgehead atoms. The molecular formula is C21H23ClN2O4. The van der Waals surface area contributed by atoms with Gasteiger partial charge in [0.2, 0.25) is 0 Å². The molecule has 0 aliphatic rings. The minimum absolute atomic E-state index is 0.329. The van der Waals surface area contributed by atoms with Crippen LogP contribution in [0.2, 0.25) is 5.02 Å². The van der Waals surface area contributed by atoms with Crippen LogP contribution >= 0.6 is 11.6 Å². The quantitative estimate of drug-likeness (QED) is 0.397. The fourth-order valence-corrected chi connectivity index (χ4v) is 2.46. The zero-order valence-electron chi connectivity index (χ0n) is 15.8. The van der Waals surface area contributed by atoms with Crippen LogP contribution in [0.15, 0.2) is 48.5 Å². The number of hydrogen-bond acceptors (Lipinski definition) is 4. The molecule has 2 aromatic rings. The molecule has 0 saturated carbocycles. The van der Waals surface area contributed by atoms with Crippen LogP contribution in [-0.2, 0) is 4.79 Å². The predicted octanol–water partition coefficient (Wildman–Crippen LogP) is 4.00. The number of methoxy groups -OCH3 is 1. The molecule has 0 aliphatic heterocycles. The number of unbranched alkanes of at least 4 members (excludes halogenated alkanes) is 1. The van der Waals surface area contributed by atoms with E-state index in [1.165, 1.54) is 13.2 Å². The number of rotatable bonds is 8. The number of hydrazine groups is 1. The van der Waals surface area contributed by atoms with Crippen LogP contribution in [0.4, 0.5) is 0 Å². The fourth-order valence-electron chi connectivity index (χ4n) is 2.26. The lowest BCUT2D eigenvalue weighted by Gasteiger charge is -2.12. The number of carbonyl (C=O) groups excluding carboxylic acids is 2. The van der Waals surface area contributed by atoms with Crippen molar-refractivity contribution in [3.63, 3.8) is 0 Å². The van der Waals surface area contributed by atoms with Gasteiger partial charge >= 0.3 is 0 Å². The first-order chi connectivity index (χ1) is 13.5. The van der Waals surface area contributed by atoms with Crippen molar-refractivity contribution in [2.75, 3.05) is 13.7 Å². The number of carbonyl (C=O) groups is 2. The molecule has 2 aromatic carbocycles. The second-order valence-electron chi connectivity index (χ2n) is 5.87. The fraction of sp³-hybridized carbons (Fsp3) is 0.238. The summed E-state index contributed by atoms with van der Waals surface area (Å²) >= 11 is 6.02. The Hall–Kier alpha value is -2.99. The van der Waals surface area contributed by atoms with Crippen molar-refractivity contribution < 1.29 is 19.1 Å². The molecule has 0 fully saturated rings. The average molecular weight is 403 g/mol. The number of hydrogen-bond donors (Lipinski definition) is 2. The van der Waals surface area contributed by atoms with E-state index in [1.54, 1.807) is 42.5 Å². The summed E-state index contributed by atoms with van der Waals surface area (Å²) in [4.78, 5) is 24.1. The van der Waals surface area contributed by atoms with E-state index in [2.05, 4.69) is 17.8 Å². The average Bonchev–Trinajstić information content (AvgIpc) is 2.71. The standard InChI is InChI=1S/C21H23ClN2O4/c1-3-4-13-28-18-11-9-16(14-19(18)27-2)21(26)24-23-20(25)12-10-15-7-5-6-8-17(15)22/h5-12,14H,3-4,13H2,1-2H3,(H,23,25)(H,24,26)/b12-10+. The van der Waals surface area contributed by atoms with E-state index in [9.17, 15) is 9.59 Å². The number of amides is 2. The lowest BCUT2D eigenvalue weighted by atomic mass is 10.2. The SMILES string of the molecule is CCCCOc1ccc(C(=O)NNC(=O)/C=C/c2ccccc2Cl)cc1OC. The zero-order chi connectivity index (χ0) is 20.4. The molecule has 0 atom stereocenters. The summed E-state index contributed by atoms with van der Waals surface area (Å²) in [5.74, 6) is 0.0607. The van der Waals surface area contributed by atoms with Crippen LogP contribution in [0.1, 0.15) is 35.7 Å². The number of ether oxygens (including phenoxy) is 2. The van der Waals surface area contributed by atoms with E-state index in [1.807, 2.05) is 6.07 Å². The third kappa shape index (κ3) is 6.32. The molecule has 2 amide bonds. The zero-order valence-corrected chi connectivity index (χ0v) is 16.6. The lowest BCUT2D eigenvalue weighted by Crippen LogP contribution is -2.40. The van der Waals surface area contributed by atoms with Gasteiger partial charge < -0.3 is 9.47 Å². The van der Waals surface area contributed by atoms with Gasteiger partial charge in [-0.25, -0.2) is 0 Å². The summed E-state index contributed by atoms with van der Waals surface area (Å²) in [5, 5.41) is 0.531. The predicted molar refractivity (Wildman–Crippen MR) is 109 cm³/mol. The van der Waals surface area contributed by atoms with Crippen molar-refractivity contribution >= 4 is 29.5 Å². The van der Waals surface area contributed by atoms with Crippen LogP contribution in [0.5, 0.6) is 11.5 Å². The highest BCUT2D eigenvalue weighted by molar-refractivity contribution is 6.32. The van der Waals surface area contributed by atoms with Gasteiger partial charge in [-0.05, 0) is 42.3 Å². The van der Waals surface area contributed by atoms with E-state index >= 15 is 0 Å². The van der Waals surface area contributed by atoms with Crippen molar-refractivity contribution in [2.45, 2.75) is 19.8 Å². The Kier molecular flexibility index (Phi) is 8.37. The second kappa shape index (κ2) is 11.0. The van der Waals surface area contributed by atoms with Crippen molar-refractivity contribution in [3.05, 3.63) is 64.7 Å². The molecule has 6 nitrogen and oxygen atoms in total. The highest BCUT2D eigenvalue weighted by atomic mass is 35.5.